The molecule has 154 valence electrons. The number of aromatic nitrogens is 3. The molecular weight excluding hydrogens is 452 g/mol. The van der Waals surface area contributed by atoms with E-state index < -0.39 is 53.3 Å². The number of allylic oxidation sites excluding steroid dienone is 1. The molecule has 2 aromatic rings. The van der Waals surface area contributed by atoms with Gasteiger partial charge in [0.05, 0.1) is 5.69 Å². The van der Waals surface area contributed by atoms with Crippen LogP contribution in [0.2, 0.25) is 0 Å². The predicted molar refractivity (Wildman–Crippen MR) is 101 cm³/mol. The molecule has 0 aromatic carbocycles. The van der Waals surface area contributed by atoms with Crippen molar-refractivity contribution >= 4 is 28.0 Å². The Morgan fingerprint density at radius 3 is 2.69 bits per heavy atom. The van der Waals surface area contributed by atoms with E-state index in [0.717, 1.165) is 4.47 Å². The number of nitrogens with zero attached hydrogens (tertiary/aromatic N) is 2. The average molecular weight is 470 g/mol. The SMILES string of the molecule is C[C@H]1OC(=O)[C@]2(c3n[nH]c(=O)o3)CC(F)(F)[C@@H](C)[C@H](C=Cc3ccc(Br)cn3)[C@H]12. The van der Waals surface area contributed by atoms with Crippen molar-refractivity contribution in [3.63, 3.8) is 0 Å². The fourth-order valence-electron chi connectivity index (χ4n) is 4.55. The number of carbonyl (C=O) groups is 1. The van der Waals surface area contributed by atoms with Crippen molar-refractivity contribution in [2.24, 2.45) is 17.8 Å². The summed E-state index contributed by atoms with van der Waals surface area (Å²) < 4.78 is 41.3. The molecule has 5 atom stereocenters. The summed E-state index contributed by atoms with van der Waals surface area (Å²) in [7, 11) is 0. The van der Waals surface area contributed by atoms with Gasteiger partial charge in [0.15, 0.2) is 5.41 Å². The lowest BCUT2D eigenvalue weighted by atomic mass is 9.56. The smallest absolute Gasteiger partial charge is 0.434 e. The van der Waals surface area contributed by atoms with Crippen LogP contribution in [0, 0.1) is 17.8 Å². The molecule has 1 saturated heterocycles. The molecule has 0 radical (unpaired) electrons. The van der Waals surface area contributed by atoms with Gasteiger partial charge in [0.2, 0.25) is 5.89 Å². The third kappa shape index (κ3) is 3.13. The highest BCUT2D eigenvalue weighted by atomic mass is 79.9. The van der Waals surface area contributed by atoms with Crippen molar-refractivity contribution < 1.29 is 22.7 Å². The molecule has 0 spiro atoms. The van der Waals surface area contributed by atoms with Gasteiger partial charge in [0, 0.05) is 28.9 Å². The standard InChI is InChI=1S/C19H18BrF2N3O4/c1-9-13(6-5-12-4-3-11(20)7-23-12)14-10(2)28-16(26)18(14,8-19(9,21)22)15-24-25-17(27)29-15/h3-7,9-10,13-14H,8H2,1-2H3,(H,25,27)/t9-,10+,13-,14-,18+/m0/s1. The first-order valence-electron chi connectivity index (χ1n) is 9.10. The third-order valence-corrected chi connectivity index (χ3v) is 6.43. The highest BCUT2D eigenvalue weighted by Crippen LogP contribution is 2.59. The number of hydrogen-bond acceptors (Lipinski definition) is 6. The van der Waals surface area contributed by atoms with Gasteiger partial charge in [-0.3, -0.25) is 9.78 Å². The fourth-order valence-corrected chi connectivity index (χ4v) is 4.78. The Hall–Kier alpha value is -2.36. The number of hydrogen-bond donors (Lipinski definition) is 1. The molecule has 1 aliphatic heterocycles. The molecule has 1 aliphatic carbocycles. The minimum atomic E-state index is -3.21. The number of rotatable bonds is 3. The van der Waals surface area contributed by atoms with Crippen LogP contribution in [0.15, 0.2) is 38.1 Å². The summed E-state index contributed by atoms with van der Waals surface area (Å²) in [5, 5.41) is 5.80. The predicted octanol–water partition coefficient (Wildman–Crippen LogP) is 3.32. The van der Waals surface area contributed by atoms with Gasteiger partial charge in [0.1, 0.15) is 6.10 Å². The zero-order valence-electron chi connectivity index (χ0n) is 15.6. The van der Waals surface area contributed by atoms with Crippen molar-refractivity contribution in [2.75, 3.05) is 0 Å². The first-order valence-corrected chi connectivity index (χ1v) is 9.89. The summed E-state index contributed by atoms with van der Waals surface area (Å²) >= 11 is 3.30. The first-order chi connectivity index (χ1) is 13.6. The number of pyridine rings is 1. The van der Waals surface area contributed by atoms with E-state index in [9.17, 15) is 9.59 Å². The number of halogens is 3. The lowest BCUT2D eigenvalue weighted by Gasteiger charge is -2.46. The van der Waals surface area contributed by atoms with Crippen LogP contribution in [-0.2, 0) is 14.9 Å². The van der Waals surface area contributed by atoms with Gasteiger partial charge < -0.3 is 9.15 Å². The largest absolute Gasteiger partial charge is 0.461 e. The zero-order chi connectivity index (χ0) is 21.0. The van der Waals surface area contributed by atoms with E-state index in [1.165, 1.54) is 6.92 Å². The van der Waals surface area contributed by atoms with E-state index in [4.69, 9.17) is 9.15 Å². The van der Waals surface area contributed by atoms with Crippen molar-refractivity contribution in [1.29, 1.82) is 0 Å². The summed E-state index contributed by atoms with van der Waals surface area (Å²) in [6.07, 6.45) is 3.40. The van der Waals surface area contributed by atoms with Crippen molar-refractivity contribution in [3.8, 4) is 0 Å². The lowest BCUT2D eigenvalue weighted by Crippen LogP contribution is -2.56. The molecule has 0 bridgehead atoms. The van der Waals surface area contributed by atoms with Gasteiger partial charge in [-0.05, 0) is 47.0 Å². The number of cyclic esters (lactones) is 1. The number of ether oxygens (including phenoxy) is 1. The normalized spacial score (nSPS) is 33.6. The molecule has 2 fully saturated rings. The number of fused-ring (bicyclic) bond motifs is 1. The van der Waals surface area contributed by atoms with Gasteiger partial charge in [-0.1, -0.05) is 13.0 Å². The molecule has 0 amide bonds. The molecule has 10 heteroatoms. The highest BCUT2D eigenvalue weighted by Gasteiger charge is 2.71. The summed E-state index contributed by atoms with van der Waals surface area (Å²) in [4.78, 5) is 28.5. The molecule has 0 unspecified atom stereocenters. The summed E-state index contributed by atoms with van der Waals surface area (Å²) in [5.41, 5.74) is -1.25. The summed E-state index contributed by atoms with van der Waals surface area (Å²) in [6, 6.07) is 3.53. The van der Waals surface area contributed by atoms with Crippen LogP contribution in [0.3, 0.4) is 0 Å². The molecule has 2 aromatic heterocycles. The second-order valence-electron chi connectivity index (χ2n) is 7.59. The van der Waals surface area contributed by atoms with Gasteiger partial charge in [-0.25, -0.2) is 18.7 Å². The van der Waals surface area contributed by atoms with Gasteiger partial charge >= 0.3 is 11.7 Å². The van der Waals surface area contributed by atoms with Crippen LogP contribution in [0.5, 0.6) is 0 Å². The minimum Gasteiger partial charge on any atom is -0.461 e. The maximum atomic E-state index is 15.1. The van der Waals surface area contributed by atoms with E-state index in [-0.39, 0.29) is 5.89 Å². The molecule has 1 saturated carbocycles. The second-order valence-corrected chi connectivity index (χ2v) is 8.51. The lowest BCUT2D eigenvalue weighted by molar-refractivity contribution is -0.159. The van der Waals surface area contributed by atoms with Gasteiger partial charge in [-0.15, -0.1) is 5.10 Å². The number of aromatic amines is 1. The Kier molecular flexibility index (Phi) is 4.71. The van der Waals surface area contributed by atoms with Crippen LogP contribution in [0.4, 0.5) is 8.78 Å². The fraction of sp³-hybridized carbons (Fsp3) is 0.474. The Morgan fingerprint density at radius 1 is 1.31 bits per heavy atom. The molecule has 7 nitrogen and oxygen atoms in total. The molecule has 4 rings (SSSR count). The van der Waals surface area contributed by atoms with Crippen molar-refractivity contribution in [2.45, 2.75) is 37.7 Å². The maximum Gasteiger partial charge on any atom is 0.434 e. The number of carbonyl (C=O) groups excluding carboxylic acids is 1. The van der Waals surface area contributed by atoms with Crippen molar-refractivity contribution in [1.82, 2.24) is 15.2 Å². The topological polar surface area (TPSA) is 98.1 Å². The Balaban J connectivity index is 1.82. The zero-order valence-corrected chi connectivity index (χ0v) is 17.2. The minimum absolute atomic E-state index is 0.353. The van der Waals surface area contributed by atoms with Crippen molar-refractivity contribution in [3.05, 3.63) is 51.0 Å². The molecule has 29 heavy (non-hydrogen) atoms. The maximum absolute atomic E-state index is 15.1. The van der Waals surface area contributed by atoms with Gasteiger partial charge in [0.25, 0.3) is 5.92 Å². The van der Waals surface area contributed by atoms with Crippen LogP contribution < -0.4 is 5.76 Å². The van der Waals surface area contributed by atoms with Crippen LogP contribution >= 0.6 is 15.9 Å². The summed E-state index contributed by atoms with van der Waals surface area (Å²) in [6.45, 7) is 3.11. The average Bonchev–Trinajstić information content (AvgIpc) is 3.19. The number of nitrogens with one attached hydrogen (secondary N) is 1. The van der Waals surface area contributed by atoms with Crippen LogP contribution in [-0.4, -0.2) is 33.2 Å². The molecule has 2 aliphatic rings. The highest BCUT2D eigenvalue weighted by molar-refractivity contribution is 9.10. The van der Waals surface area contributed by atoms with Crippen LogP contribution in [0.25, 0.3) is 6.08 Å². The number of esters is 1. The quantitative estimate of drug-likeness (QED) is 0.692. The number of alkyl halides is 2. The third-order valence-electron chi connectivity index (χ3n) is 5.96. The Morgan fingerprint density at radius 2 is 2.07 bits per heavy atom. The van der Waals surface area contributed by atoms with Gasteiger partial charge in [-0.2, -0.15) is 0 Å². The second kappa shape index (κ2) is 6.86. The van der Waals surface area contributed by atoms with E-state index in [0.29, 0.717) is 5.69 Å². The monoisotopic (exact) mass is 469 g/mol. The first kappa shape index (κ1) is 19.9. The van der Waals surface area contributed by atoms with E-state index >= 15 is 8.78 Å². The number of H-pyrrole nitrogens is 1. The van der Waals surface area contributed by atoms with E-state index in [1.54, 1.807) is 37.4 Å². The molecular formula is C19H18BrF2N3O4. The van der Waals surface area contributed by atoms with E-state index in [1.807, 2.05) is 0 Å². The van der Waals surface area contributed by atoms with Crippen LogP contribution in [0.1, 0.15) is 31.9 Å². The van der Waals surface area contributed by atoms with E-state index in [2.05, 4.69) is 31.1 Å². The molecule has 1 N–H and O–H groups in total. The molecule has 3 heterocycles. The Labute approximate surface area is 172 Å². The summed E-state index contributed by atoms with van der Waals surface area (Å²) in [5.74, 6) is -7.82. The Bertz CT molecular complexity index is 1020.